The summed E-state index contributed by atoms with van der Waals surface area (Å²) in [5, 5.41) is 3.76. The molecule has 1 N–H and O–H groups in total. The van der Waals surface area contributed by atoms with Crippen molar-refractivity contribution in [1.82, 2.24) is 5.32 Å². The maximum Gasteiger partial charge on any atom is 0.00698 e. The fraction of sp³-hybridized carbons (Fsp3) is 1.00. The van der Waals surface area contributed by atoms with E-state index < -0.39 is 0 Å². The molecule has 2 heteroatoms. The van der Waals surface area contributed by atoms with Gasteiger partial charge in [-0.1, -0.05) is 26.7 Å². The number of hydrogen-bond donors (Lipinski definition) is 1. The second-order valence-corrected chi connectivity index (χ2v) is 6.81. The van der Waals surface area contributed by atoms with Gasteiger partial charge in [0.25, 0.3) is 0 Å². The van der Waals surface area contributed by atoms with E-state index in [0.29, 0.717) is 0 Å². The van der Waals surface area contributed by atoms with Crippen LogP contribution in [0.1, 0.15) is 58.8 Å². The molecule has 0 saturated heterocycles. The average molecular weight is 257 g/mol. The van der Waals surface area contributed by atoms with Crippen molar-refractivity contribution in [1.29, 1.82) is 0 Å². The fourth-order valence-corrected chi connectivity index (χ4v) is 3.26. The lowest BCUT2D eigenvalue weighted by atomic mass is 9.79. The van der Waals surface area contributed by atoms with Gasteiger partial charge in [-0.15, -0.1) is 0 Å². The van der Waals surface area contributed by atoms with Gasteiger partial charge in [0, 0.05) is 6.04 Å². The van der Waals surface area contributed by atoms with E-state index in [0.717, 1.165) is 17.9 Å². The van der Waals surface area contributed by atoms with E-state index in [1.165, 1.54) is 57.2 Å². The SMILES string of the molecule is CSCCCCCCNC1CCC(C)C(C)C1. The summed E-state index contributed by atoms with van der Waals surface area (Å²) in [7, 11) is 0. The molecule has 0 spiro atoms. The van der Waals surface area contributed by atoms with E-state index in [9.17, 15) is 0 Å². The van der Waals surface area contributed by atoms with Crippen LogP contribution in [0.2, 0.25) is 0 Å². The molecule has 1 fully saturated rings. The summed E-state index contributed by atoms with van der Waals surface area (Å²) in [5.74, 6) is 3.20. The van der Waals surface area contributed by atoms with Crippen molar-refractivity contribution < 1.29 is 0 Å². The van der Waals surface area contributed by atoms with Crippen LogP contribution in [0.25, 0.3) is 0 Å². The highest BCUT2D eigenvalue weighted by Gasteiger charge is 2.23. The molecule has 17 heavy (non-hydrogen) atoms. The summed E-state index contributed by atoms with van der Waals surface area (Å²) >= 11 is 1.97. The van der Waals surface area contributed by atoms with Gasteiger partial charge in [-0.2, -0.15) is 11.8 Å². The summed E-state index contributed by atoms with van der Waals surface area (Å²) in [4.78, 5) is 0. The molecule has 0 bridgehead atoms. The third-order valence-corrected chi connectivity index (χ3v) is 5.00. The Morgan fingerprint density at radius 3 is 2.47 bits per heavy atom. The topological polar surface area (TPSA) is 12.0 Å². The molecule has 1 nitrogen and oxygen atoms in total. The predicted octanol–water partition coefficient (Wildman–Crippen LogP) is 4.32. The molecular weight excluding hydrogens is 226 g/mol. The highest BCUT2D eigenvalue weighted by molar-refractivity contribution is 7.98. The Balaban J connectivity index is 1.92. The van der Waals surface area contributed by atoms with Crippen molar-refractivity contribution >= 4 is 11.8 Å². The molecule has 1 aliphatic rings. The van der Waals surface area contributed by atoms with Gasteiger partial charge in [0.2, 0.25) is 0 Å². The Morgan fingerprint density at radius 2 is 1.76 bits per heavy atom. The Bertz CT molecular complexity index is 184. The zero-order chi connectivity index (χ0) is 12.5. The molecule has 1 aliphatic carbocycles. The lowest BCUT2D eigenvalue weighted by Crippen LogP contribution is -2.36. The van der Waals surface area contributed by atoms with Crippen LogP contribution in [0.3, 0.4) is 0 Å². The maximum atomic E-state index is 3.76. The van der Waals surface area contributed by atoms with E-state index in [-0.39, 0.29) is 0 Å². The van der Waals surface area contributed by atoms with Crippen LogP contribution in [0.15, 0.2) is 0 Å². The van der Waals surface area contributed by atoms with Gasteiger partial charge in [0.1, 0.15) is 0 Å². The molecule has 0 radical (unpaired) electrons. The first-order valence-electron chi connectivity index (χ1n) is 7.46. The number of unbranched alkanes of at least 4 members (excludes halogenated alkanes) is 3. The van der Waals surface area contributed by atoms with Crippen molar-refractivity contribution in [3.8, 4) is 0 Å². The Morgan fingerprint density at radius 1 is 1.00 bits per heavy atom. The lowest BCUT2D eigenvalue weighted by Gasteiger charge is -2.32. The summed E-state index contributed by atoms with van der Waals surface area (Å²) < 4.78 is 0. The Kier molecular flexibility index (Phi) is 8.38. The molecule has 102 valence electrons. The summed E-state index contributed by atoms with van der Waals surface area (Å²) in [6.07, 6.45) is 12.0. The Labute approximate surface area is 113 Å². The van der Waals surface area contributed by atoms with Gasteiger partial charge in [0.15, 0.2) is 0 Å². The van der Waals surface area contributed by atoms with Crippen LogP contribution >= 0.6 is 11.8 Å². The number of thioether (sulfide) groups is 1. The molecule has 0 aromatic carbocycles. The van der Waals surface area contributed by atoms with Crippen LogP contribution < -0.4 is 5.32 Å². The standard InChI is InChI=1S/C15H31NS/c1-13-8-9-15(12-14(13)2)16-10-6-4-5-7-11-17-3/h13-16H,4-12H2,1-3H3. The molecule has 0 aliphatic heterocycles. The average Bonchev–Trinajstić information content (AvgIpc) is 2.32. The van der Waals surface area contributed by atoms with Gasteiger partial charge in [0.05, 0.1) is 0 Å². The third kappa shape index (κ3) is 6.71. The second kappa shape index (κ2) is 9.27. The van der Waals surface area contributed by atoms with E-state index in [4.69, 9.17) is 0 Å². The van der Waals surface area contributed by atoms with Crippen molar-refractivity contribution in [3.63, 3.8) is 0 Å². The van der Waals surface area contributed by atoms with Crippen LogP contribution in [-0.4, -0.2) is 24.6 Å². The summed E-state index contributed by atoms with van der Waals surface area (Å²) in [6.45, 7) is 6.07. The molecule has 0 amide bonds. The number of rotatable bonds is 8. The number of hydrogen-bond acceptors (Lipinski definition) is 2. The van der Waals surface area contributed by atoms with E-state index in [2.05, 4.69) is 25.4 Å². The van der Waals surface area contributed by atoms with Crippen molar-refractivity contribution in [3.05, 3.63) is 0 Å². The summed E-state index contributed by atoms with van der Waals surface area (Å²) in [6, 6.07) is 0.812. The molecule has 3 atom stereocenters. The minimum absolute atomic E-state index is 0.812. The van der Waals surface area contributed by atoms with Crippen LogP contribution in [0.5, 0.6) is 0 Å². The monoisotopic (exact) mass is 257 g/mol. The smallest absolute Gasteiger partial charge is 0.00698 e. The Hall–Kier alpha value is 0.310. The first-order valence-corrected chi connectivity index (χ1v) is 8.85. The molecule has 1 rings (SSSR count). The largest absolute Gasteiger partial charge is 0.314 e. The molecular formula is C15H31NS. The fourth-order valence-electron chi connectivity index (χ4n) is 2.76. The molecule has 3 unspecified atom stereocenters. The van der Waals surface area contributed by atoms with Crippen molar-refractivity contribution in [2.45, 2.75) is 64.8 Å². The van der Waals surface area contributed by atoms with Crippen LogP contribution in [0, 0.1) is 11.8 Å². The minimum Gasteiger partial charge on any atom is -0.314 e. The highest BCUT2D eigenvalue weighted by Crippen LogP contribution is 2.29. The van der Waals surface area contributed by atoms with Crippen molar-refractivity contribution in [2.24, 2.45) is 11.8 Å². The van der Waals surface area contributed by atoms with E-state index >= 15 is 0 Å². The van der Waals surface area contributed by atoms with E-state index in [1.807, 2.05) is 11.8 Å². The third-order valence-electron chi connectivity index (χ3n) is 4.31. The first kappa shape index (κ1) is 15.4. The van der Waals surface area contributed by atoms with Gasteiger partial charge in [-0.25, -0.2) is 0 Å². The maximum absolute atomic E-state index is 3.76. The lowest BCUT2D eigenvalue weighted by molar-refractivity contribution is 0.226. The van der Waals surface area contributed by atoms with Gasteiger partial charge in [-0.05, 0) is 62.5 Å². The zero-order valence-electron chi connectivity index (χ0n) is 12.0. The van der Waals surface area contributed by atoms with Gasteiger partial charge < -0.3 is 5.32 Å². The predicted molar refractivity (Wildman–Crippen MR) is 80.8 cm³/mol. The zero-order valence-corrected chi connectivity index (χ0v) is 12.8. The first-order chi connectivity index (χ1) is 8.24. The normalized spacial score (nSPS) is 29.5. The molecule has 0 aromatic rings. The highest BCUT2D eigenvalue weighted by atomic mass is 32.2. The summed E-state index contributed by atoms with van der Waals surface area (Å²) in [5.41, 5.74) is 0. The minimum atomic E-state index is 0.812. The second-order valence-electron chi connectivity index (χ2n) is 5.83. The molecule has 0 aromatic heterocycles. The van der Waals surface area contributed by atoms with Crippen LogP contribution in [-0.2, 0) is 0 Å². The molecule has 1 saturated carbocycles. The van der Waals surface area contributed by atoms with Crippen LogP contribution in [0.4, 0.5) is 0 Å². The van der Waals surface area contributed by atoms with Gasteiger partial charge >= 0.3 is 0 Å². The van der Waals surface area contributed by atoms with Gasteiger partial charge in [-0.3, -0.25) is 0 Å². The number of nitrogens with one attached hydrogen (secondary N) is 1. The van der Waals surface area contributed by atoms with E-state index in [1.54, 1.807) is 0 Å². The molecule has 0 heterocycles. The van der Waals surface area contributed by atoms with Crippen molar-refractivity contribution in [2.75, 3.05) is 18.6 Å². The quantitative estimate of drug-likeness (QED) is 0.650.